The van der Waals surface area contributed by atoms with Gasteiger partial charge in [-0.25, -0.2) is 14.7 Å². The van der Waals surface area contributed by atoms with Gasteiger partial charge in [0.05, 0.1) is 12.8 Å². The quantitative estimate of drug-likeness (QED) is 0.585. The fraction of sp³-hybridized carbons (Fsp3) is 0.333. The molecule has 0 aliphatic carbocycles. The summed E-state index contributed by atoms with van der Waals surface area (Å²) in [6, 6.07) is 0. The Labute approximate surface area is 61.9 Å². The molecule has 0 spiro atoms. The first-order chi connectivity index (χ1) is 5.16. The molecule has 0 bridgehead atoms. The Morgan fingerprint density at radius 3 is 2.64 bits per heavy atom. The zero-order chi connectivity index (χ0) is 8.43. The molecular weight excluding hydrogens is 150 g/mol. The van der Waals surface area contributed by atoms with Crippen LogP contribution in [0, 0.1) is 6.92 Å². The summed E-state index contributed by atoms with van der Waals surface area (Å²) in [5.74, 6) is -0.683. The van der Waals surface area contributed by atoms with Crippen LogP contribution in [0.2, 0.25) is 0 Å². The van der Waals surface area contributed by atoms with Crippen LogP contribution in [-0.4, -0.2) is 18.2 Å². The van der Waals surface area contributed by atoms with Crippen LogP contribution in [0.1, 0.15) is 16.1 Å². The number of carbonyl (C=O) groups is 1. The number of aromatic amines is 1. The largest absolute Gasteiger partial charge is 0.465 e. The number of esters is 1. The summed E-state index contributed by atoms with van der Waals surface area (Å²) < 4.78 is 8.67. The van der Waals surface area contributed by atoms with Crippen molar-refractivity contribution in [3.05, 3.63) is 21.7 Å². The average molecular weight is 157 g/mol. The summed E-state index contributed by atoms with van der Waals surface area (Å²) >= 11 is 0. The summed E-state index contributed by atoms with van der Waals surface area (Å²) in [4.78, 5) is 21.6. The Balaban J connectivity index is 3.21. The summed E-state index contributed by atoms with van der Waals surface area (Å²) in [5, 5.41) is 2.26. The minimum Gasteiger partial charge on any atom is -0.465 e. The van der Waals surface area contributed by atoms with Gasteiger partial charge < -0.3 is 9.26 Å². The normalized spacial score (nSPS) is 9.64. The molecule has 1 heterocycles. The maximum Gasteiger partial charge on any atom is 0.372 e. The van der Waals surface area contributed by atoms with Gasteiger partial charge in [0, 0.05) is 0 Å². The molecule has 0 saturated heterocycles. The first-order valence-electron chi connectivity index (χ1n) is 2.93. The molecule has 0 aliphatic rings. The van der Waals surface area contributed by atoms with E-state index < -0.39 is 11.6 Å². The molecule has 0 atom stereocenters. The minimum absolute atomic E-state index is 0.0764. The van der Waals surface area contributed by atoms with Crippen LogP contribution in [0.4, 0.5) is 0 Å². The SMILES string of the molecule is COC(=O)c1c(C)[nH]oc1=O. The zero-order valence-electron chi connectivity index (χ0n) is 6.13. The van der Waals surface area contributed by atoms with E-state index in [0.29, 0.717) is 5.69 Å². The Morgan fingerprint density at radius 2 is 2.27 bits per heavy atom. The number of carbonyl (C=O) groups excluding carboxylic acids is 1. The van der Waals surface area contributed by atoms with Crippen LogP contribution >= 0.6 is 0 Å². The van der Waals surface area contributed by atoms with Crippen molar-refractivity contribution in [3.63, 3.8) is 0 Å². The Hall–Kier alpha value is -1.52. The van der Waals surface area contributed by atoms with Gasteiger partial charge in [-0.3, -0.25) is 0 Å². The third-order valence-electron chi connectivity index (χ3n) is 1.27. The highest BCUT2D eigenvalue weighted by Crippen LogP contribution is 1.99. The van der Waals surface area contributed by atoms with Gasteiger partial charge in [0.25, 0.3) is 0 Å². The van der Waals surface area contributed by atoms with E-state index in [0.717, 1.165) is 0 Å². The molecule has 1 aromatic heterocycles. The number of nitrogens with one attached hydrogen (secondary N) is 1. The second-order valence-corrected chi connectivity index (χ2v) is 1.98. The molecule has 1 aromatic rings. The molecule has 0 radical (unpaired) electrons. The number of ether oxygens (including phenoxy) is 1. The van der Waals surface area contributed by atoms with Crippen LogP contribution in [-0.2, 0) is 4.74 Å². The summed E-state index contributed by atoms with van der Waals surface area (Å²) in [5.41, 5.74) is -0.399. The van der Waals surface area contributed by atoms with Crippen molar-refractivity contribution < 1.29 is 14.1 Å². The third-order valence-corrected chi connectivity index (χ3v) is 1.27. The van der Waals surface area contributed by atoms with Crippen LogP contribution in [0.25, 0.3) is 0 Å². The first-order valence-corrected chi connectivity index (χ1v) is 2.93. The first kappa shape index (κ1) is 7.59. The molecule has 1 rings (SSSR count). The summed E-state index contributed by atoms with van der Waals surface area (Å²) in [6.45, 7) is 1.55. The van der Waals surface area contributed by atoms with Crippen LogP contribution < -0.4 is 5.63 Å². The summed E-state index contributed by atoms with van der Waals surface area (Å²) in [6.07, 6.45) is 0. The van der Waals surface area contributed by atoms with Gasteiger partial charge >= 0.3 is 11.6 Å². The molecule has 0 aromatic carbocycles. The topological polar surface area (TPSA) is 72.3 Å². The van der Waals surface area contributed by atoms with Crippen molar-refractivity contribution in [2.45, 2.75) is 6.92 Å². The van der Waals surface area contributed by atoms with Crippen LogP contribution in [0.5, 0.6) is 0 Å². The molecule has 5 nitrogen and oxygen atoms in total. The lowest BCUT2D eigenvalue weighted by atomic mass is 10.3. The minimum atomic E-state index is -0.700. The fourth-order valence-electron chi connectivity index (χ4n) is 0.717. The third kappa shape index (κ3) is 1.17. The second kappa shape index (κ2) is 2.61. The van der Waals surface area contributed by atoms with Crippen molar-refractivity contribution in [2.75, 3.05) is 7.11 Å². The molecular formula is C6H7NO4. The highest BCUT2D eigenvalue weighted by atomic mass is 16.5. The number of rotatable bonds is 1. The van der Waals surface area contributed by atoms with Crippen molar-refractivity contribution in [3.8, 4) is 0 Å². The smallest absolute Gasteiger partial charge is 0.372 e. The molecule has 11 heavy (non-hydrogen) atoms. The molecule has 5 heteroatoms. The van der Waals surface area contributed by atoms with E-state index in [1.54, 1.807) is 6.92 Å². The molecule has 0 fully saturated rings. The fourth-order valence-corrected chi connectivity index (χ4v) is 0.717. The van der Waals surface area contributed by atoms with E-state index in [-0.39, 0.29) is 5.56 Å². The number of hydrogen-bond acceptors (Lipinski definition) is 4. The van der Waals surface area contributed by atoms with E-state index in [1.807, 2.05) is 0 Å². The van der Waals surface area contributed by atoms with Gasteiger partial charge in [0.15, 0.2) is 5.56 Å². The van der Waals surface area contributed by atoms with Gasteiger partial charge in [0.2, 0.25) is 0 Å². The Bertz CT molecular complexity index is 322. The summed E-state index contributed by atoms with van der Waals surface area (Å²) in [7, 11) is 1.20. The Morgan fingerprint density at radius 1 is 1.64 bits per heavy atom. The maximum absolute atomic E-state index is 10.8. The number of H-pyrrole nitrogens is 1. The van der Waals surface area contributed by atoms with Gasteiger partial charge in [-0.15, -0.1) is 0 Å². The second-order valence-electron chi connectivity index (χ2n) is 1.98. The van der Waals surface area contributed by atoms with Gasteiger partial charge in [-0.2, -0.15) is 0 Å². The predicted octanol–water partition coefficient (Wildman–Crippen LogP) is 0.0629. The molecule has 0 unspecified atom stereocenters. The van der Waals surface area contributed by atoms with Crippen LogP contribution in [0.15, 0.2) is 9.32 Å². The van der Waals surface area contributed by atoms with Crippen molar-refractivity contribution >= 4 is 5.97 Å². The van der Waals surface area contributed by atoms with E-state index in [9.17, 15) is 9.59 Å². The number of hydrogen-bond donors (Lipinski definition) is 1. The lowest BCUT2D eigenvalue weighted by molar-refractivity contribution is 0.0597. The van der Waals surface area contributed by atoms with Gasteiger partial charge in [-0.05, 0) is 6.92 Å². The highest BCUT2D eigenvalue weighted by Gasteiger charge is 2.17. The standard InChI is InChI=1S/C6H7NO4/c1-3-4(5(8)10-2)6(9)11-7-3/h7H,1-2H3. The number of aryl methyl sites for hydroxylation is 1. The number of aromatic nitrogens is 1. The maximum atomic E-state index is 10.8. The van der Waals surface area contributed by atoms with Gasteiger partial charge in [-0.1, -0.05) is 0 Å². The lowest BCUT2D eigenvalue weighted by Crippen LogP contribution is -2.12. The molecule has 0 aliphatic heterocycles. The van der Waals surface area contributed by atoms with E-state index in [4.69, 9.17) is 0 Å². The van der Waals surface area contributed by atoms with E-state index >= 15 is 0 Å². The van der Waals surface area contributed by atoms with Crippen molar-refractivity contribution in [1.29, 1.82) is 0 Å². The zero-order valence-corrected chi connectivity index (χ0v) is 6.13. The monoisotopic (exact) mass is 157 g/mol. The molecule has 1 N–H and O–H groups in total. The van der Waals surface area contributed by atoms with Crippen molar-refractivity contribution in [2.24, 2.45) is 0 Å². The van der Waals surface area contributed by atoms with E-state index in [2.05, 4.69) is 14.4 Å². The average Bonchev–Trinajstić information content (AvgIpc) is 2.30. The van der Waals surface area contributed by atoms with E-state index in [1.165, 1.54) is 7.11 Å². The molecule has 0 saturated carbocycles. The predicted molar refractivity (Wildman–Crippen MR) is 35.4 cm³/mol. The number of methoxy groups -OCH3 is 1. The van der Waals surface area contributed by atoms with Crippen LogP contribution in [0.3, 0.4) is 0 Å². The highest BCUT2D eigenvalue weighted by molar-refractivity contribution is 5.89. The van der Waals surface area contributed by atoms with Gasteiger partial charge in [0.1, 0.15) is 0 Å². The molecule has 0 amide bonds. The van der Waals surface area contributed by atoms with Crippen molar-refractivity contribution in [1.82, 2.24) is 5.16 Å². The lowest BCUT2D eigenvalue weighted by Gasteiger charge is -1.91. The molecule has 60 valence electrons. The Kier molecular flexibility index (Phi) is 1.80.